The molecule has 2 aromatic rings. The Labute approximate surface area is 174 Å². The van der Waals surface area contributed by atoms with Crippen LogP contribution in [0.25, 0.3) is 0 Å². The predicted octanol–water partition coefficient (Wildman–Crippen LogP) is 3.56. The number of rotatable bonds is 7. The first-order valence-electron chi connectivity index (χ1n) is 9.18. The van der Waals surface area contributed by atoms with E-state index in [0.717, 1.165) is 37.2 Å². The van der Waals surface area contributed by atoms with E-state index < -0.39 is 10.0 Å². The van der Waals surface area contributed by atoms with E-state index in [4.69, 9.17) is 0 Å². The second-order valence-electron chi connectivity index (χ2n) is 6.79. The molecule has 1 aromatic heterocycles. The summed E-state index contributed by atoms with van der Waals surface area (Å²) in [5, 5.41) is 2.06. The van der Waals surface area contributed by atoms with Crippen LogP contribution in [0.2, 0.25) is 0 Å². The third-order valence-electron chi connectivity index (χ3n) is 5.02. The van der Waals surface area contributed by atoms with Crippen LogP contribution in [-0.2, 0) is 10.0 Å². The lowest BCUT2D eigenvalue weighted by Crippen LogP contribution is -2.52. The van der Waals surface area contributed by atoms with E-state index in [1.807, 2.05) is 13.0 Å². The molecule has 1 aromatic carbocycles. The first-order valence-corrected chi connectivity index (χ1v) is 12.3. The van der Waals surface area contributed by atoms with E-state index in [2.05, 4.69) is 48.8 Å². The highest BCUT2D eigenvalue weighted by atomic mass is 79.9. The van der Waals surface area contributed by atoms with E-state index in [0.29, 0.717) is 4.90 Å². The lowest BCUT2D eigenvalue weighted by atomic mass is 10.1. The monoisotopic (exact) mass is 471 g/mol. The standard InChI is InChI=1S/C19H26BrN3O2S2/c1-3-22-10-12-23(13-11-22)19(18-5-4-14-26-18)15(2)21-27(24,25)17-8-6-16(20)7-9-17/h4-9,14-15,19,21H,3,10-13H2,1-2H3/t15-,19+/m1/s1. The van der Waals surface area contributed by atoms with Crippen LogP contribution < -0.4 is 4.72 Å². The SMILES string of the molecule is CCN1CCN([C@H](c2cccs2)[C@@H](C)NS(=O)(=O)c2ccc(Br)cc2)CC1. The van der Waals surface area contributed by atoms with E-state index in [-0.39, 0.29) is 12.1 Å². The van der Waals surface area contributed by atoms with Gasteiger partial charge in [-0.3, -0.25) is 4.90 Å². The number of likely N-dealkylation sites (N-methyl/N-ethyl adjacent to an activating group) is 1. The number of hydrogen-bond donors (Lipinski definition) is 1. The normalized spacial score (nSPS) is 19.1. The molecule has 148 valence electrons. The minimum atomic E-state index is -3.57. The molecule has 0 bridgehead atoms. The van der Waals surface area contributed by atoms with Gasteiger partial charge in [-0.15, -0.1) is 11.3 Å². The molecule has 27 heavy (non-hydrogen) atoms. The number of benzene rings is 1. The zero-order valence-electron chi connectivity index (χ0n) is 15.6. The Hall–Kier alpha value is -0.770. The summed E-state index contributed by atoms with van der Waals surface area (Å²) in [6, 6.07) is 10.7. The van der Waals surface area contributed by atoms with Gasteiger partial charge in [0.05, 0.1) is 10.9 Å². The van der Waals surface area contributed by atoms with Gasteiger partial charge in [0.1, 0.15) is 0 Å². The molecule has 0 aliphatic carbocycles. The smallest absolute Gasteiger partial charge is 0.240 e. The van der Waals surface area contributed by atoms with E-state index in [1.54, 1.807) is 35.6 Å². The summed E-state index contributed by atoms with van der Waals surface area (Å²) in [4.78, 5) is 6.33. The first kappa shape index (κ1) is 21.0. The number of halogens is 1. The lowest BCUT2D eigenvalue weighted by Gasteiger charge is -2.41. The molecule has 1 saturated heterocycles. The first-order chi connectivity index (χ1) is 12.9. The Morgan fingerprint density at radius 2 is 1.81 bits per heavy atom. The van der Waals surface area contributed by atoms with Gasteiger partial charge in [0, 0.05) is 41.6 Å². The minimum absolute atomic E-state index is 0.0363. The van der Waals surface area contributed by atoms with Crippen molar-refractivity contribution in [2.75, 3.05) is 32.7 Å². The average molecular weight is 472 g/mol. The lowest BCUT2D eigenvalue weighted by molar-refractivity contribution is 0.0888. The molecule has 2 atom stereocenters. The highest BCUT2D eigenvalue weighted by Crippen LogP contribution is 2.30. The van der Waals surface area contributed by atoms with Crippen molar-refractivity contribution in [3.63, 3.8) is 0 Å². The molecule has 0 saturated carbocycles. The highest BCUT2D eigenvalue weighted by Gasteiger charge is 2.32. The maximum Gasteiger partial charge on any atom is 0.240 e. The highest BCUT2D eigenvalue weighted by molar-refractivity contribution is 9.10. The van der Waals surface area contributed by atoms with Crippen LogP contribution in [0.4, 0.5) is 0 Å². The molecular formula is C19H26BrN3O2S2. The number of thiophene rings is 1. The second-order valence-corrected chi connectivity index (χ2v) is 10.4. The Balaban J connectivity index is 1.79. The van der Waals surface area contributed by atoms with Gasteiger partial charge in [0.2, 0.25) is 10.0 Å². The Bertz CT molecular complexity index is 817. The number of hydrogen-bond acceptors (Lipinski definition) is 5. The fraction of sp³-hybridized carbons (Fsp3) is 0.474. The predicted molar refractivity (Wildman–Crippen MR) is 115 cm³/mol. The van der Waals surface area contributed by atoms with Crippen LogP contribution in [0.15, 0.2) is 51.1 Å². The number of nitrogens with one attached hydrogen (secondary N) is 1. The quantitative estimate of drug-likeness (QED) is 0.670. The fourth-order valence-electron chi connectivity index (χ4n) is 3.55. The van der Waals surface area contributed by atoms with Gasteiger partial charge in [0.15, 0.2) is 0 Å². The summed E-state index contributed by atoms with van der Waals surface area (Å²) in [5.74, 6) is 0. The van der Waals surface area contributed by atoms with Crippen LogP contribution in [0.3, 0.4) is 0 Å². The van der Waals surface area contributed by atoms with Crippen molar-refractivity contribution >= 4 is 37.3 Å². The number of sulfonamides is 1. The Morgan fingerprint density at radius 3 is 2.37 bits per heavy atom. The van der Waals surface area contributed by atoms with Gasteiger partial charge in [0.25, 0.3) is 0 Å². The van der Waals surface area contributed by atoms with Gasteiger partial charge < -0.3 is 4.90 Å². The van der Waals surface area contributed by atoms with Gasteiger partial charge in [-0.25, -0.2) is 13.1 Å². The van der Waals surface area contributed by atoms with Gasteiger partial charge in [-0.1, -0.05) is 28.9 Å². The number of piperazine rings is 1. The van der Waals surface area contributed by atoms with Crippen LogP contribution in [0.1, 0.15) is 24.8 Å². The third-order valence-corrected chi connectivity index (χ3v) is 8.07. The van der Waals surface area contributed by atoms with E-state index in [9.17, 15) is 8.42 Å². The van der Waals surface area contributed by atoms with Crippen LogP contribution in [0.5, 0.6) is 0 Å². The van der Waals surface area contributed by atoms with Crippen LogP contribution in [0, 0.1) is 0 Å². The molecule has 1 N–H and O–H groups in total. The molecule has 2 heterocycles. The van der Waals surface area contributed by atoms with Crippen molar-refractivity contribution in [2.24, 2.45) is 0 Å². The van der Waals surface area contributed by atoms with Crippen molar-refractivity contribution in [2.45, 2.75) is 30.8 Å². The molecule has 1 fully saturated rings. The molecule has 0 radical (unpaired) electrons. The summed E-state index contributed by atoms with van der Waals surface area (Å²) in [5.41, 5.74) is 0. The topological polar surface area (TPSA) is 52.6 Å². The molecule has 8 heteroatoms. The van der Waals surface area contributed by atoms with Crippen molar-refractivity contribution < 1.29 is 8.42 Å². The van der Waals surface area contributed by atoms with Crippen LogP contribution in [-0.4, -0.2) is 57.0 Å². The minimum Gasteiger partial charge on any atom is -0.301 e. The molecule has 5 nitrogen and oxygen atoms in total. The molecule has 0 amide bonds. The molecule has 0 unspecified atom stereocenters. The number of nitrogens with zero attached hydrogens (tertiary/aromatic N) is 2. The Morgan fingerprint density at radius 1 is 1.15 bits per heavy atom. The zero-order chi connectivity index (χ0) is 19.4. The fourth-order valence-corrected chi connectivity index (χ4v) is 6.03. The summed E-state index contributed by atoms with van der Waals surface area (Å²) in [7, 11) is -3.57. The maximum atomic E-state index is 12.9. The average Bonchev–Trinajstić information content (AvgIpc) is 3.16. The van der Waals surface area contributed by atoms with Gasteiger partial charge in [-0.05, 0) is 49.2 Å². The third kappa shape index (κ3) is 5.19. The molecular weight excluding hydrogens is 446 g/mol. The van der Waals surface area contributed by atoms with E-state index >= 15 is 0 Å². The summed E-state index contributed by atoms with van der Waals surface area (Å²) in [6.45, 7) is 9.13. The molecule has 0 spiro atoms. The second kappa shape index (κ2) is 9.15. The van der Waals surface area contributed by atoms with Crippen molar-refractivity contribution in [1.29, 1.82) is 0 Å². The largest absolute Gasteiger partial charge is 0.301 e. The van der Waals surface area contributed by atoms with Gasteiger partial charge >= 0.3 is 0 Å². The Kier molecular flexibility index (Phi) is 7.10. The molecule has 1 aliphatic heterocycles. The molecule has 3 rings (SSSR count). The summed E-state index contributed by atoms with van der Waals surface area (Å²) < 4.78 is 29.5. The summed E-state index contributed by atoms with van der Waals surface area (Å²) in [6.07, 6.45) is 0. The maximum absolute atomic E-state index is 12.9. The summed E-state index contributed by atoms with van der Waals surface area (Å²) >= 11 is 5.04. The van der Waals surface area contributed by atoms with E-state index in [1.165, 1.54) is 4.88 Å². The van der Waals surface area contributed by atoms with Crippen LogP contribution >= 0.6 is 27.3 Å². The van der Waals surface area contributed by atoms with Crippen molar-refractivity contribution in [3.05, 3.63) is 51.1 Å². The van der Waals surface area contributed by atoms with Crippen molar-refractivity contribution in [3.8, 4) is 0 Å². The van der Waals surface area contributed by atoms with Crippen molar-refractivity contribution in [1.82, 2.24) is 14.5 Å². The van der Waals surface area contributed by atoms with Gasteiger partial charge in [-0.2, -0.15) is 0 Å². The zero-order valence-corrected chi connectivity index (χ0v) is 18.9. The molecule has 1 aliphatic rings.